The smallest absolute Gasteiger partial charge is 0.152 e. The minimum absolute atomic E-state index is 0.387. The Morgan fingerprint density at radius 2 is 2.20 bits per heavy atom. The molecule has 2 rings (SSSR count). The molecule has 2 aromatic rings. The number of aromatic nitrogens is 1. The summed E-state index contributed by atoms with van der Waals surface area (Å²) >= 11 is 5.91. The molecular formula is C11H8ClNO2. The van der Waals surface area contributed by atoms with Crippen LogP contribution in [0.2, 0.25) is 5.15 Å². The predicted molar refractivity (Wildman–Crippen MR) is 58.7 cm³/mol. The Morgan fingerprint density at radius 3 is 2.87 bits per heavy atom. The number of hydrogen-bond acceptors (Lipinski definition) is 3. The first-order valence-electron chi connectivity index (χ1n) is 4.33. The summed E-state index contributed by atoms with van der Waals surface area (Å²) in [6, 6.07) is 5.34. The molecule has 0 saturated carbocycles. The van der Waals surface area contributed by atoms with Crippen LogP contribution in [-0.4, -0.2) is 18.4 Å². The highest BCUT2D eigenvalue weighted by Gasteiger charge is 2.06. The number of methoxy groups -OCH3 is 1. The molecule has 76 valence electrons. The van der Waals surface area contributed by atoms with Gasteiger partial charge in [0.1, 0.15) is 10.9 Å². The zero-order valence-corrected chi connectivity index (χ0v) is 8.78. The van der Waals surface area contributed by atoms with Gasteiger partial charge in [0.15, 0.2) is 6.29 Å². The first kappa shape index (κ1) is 9.93. The van der Waals surface area contributed by atoms with Gasteiger partial charge in [-0.1, -0.05) is 11.6 Å². The molecule has 0 fully saturated rings. The third-order valence-corrected chi connectivity index (χ3v) is 2.51. The highest BCUT2D eigenvalue weighted by atomic mass is 35.5. The Kier molecular flexibility index (Phi) is 2.56. The van der Waals surface area contributed by atoms with Crippen LogP contribution in [0.3, 0.4) is 0 Å². The van der Waals surface area contributed by atoms with Gasteiger partial charge in [-0.25, -0.2) is 4.98 Å². The minimum Gasteiger partial charge on any atom is -0.497 e. The summed E-state index contributed by atoms with van der Waals surface area (Å²) < 4.78 is 5.08. The van der Waals surface area contributed by atoms with E-state index in [0.717, 1.165) is 17.1 Å². The van der Waals surface area contributed by atoms with Gasteiger partial charge in [0.2, 0.25) is 0 Å². The van der Waals surface area contributed by atoms with Crippen LogP contribution in [0.4, 0.5) is 0 Å². The van der Waals surface area contributed by atoms with Crippen molar-refractivity contribution in [2.75, 3.05) is 7.11 Å². The van der Waals surface area contributed by atoms with Gasteiger partial charge in [-0.3, -0.25) is 4.79 Å². The number of pyridine rings is 1. The number of halogens is 1. The molecule has 1 aromatic heterocycles. The zero-order valence-electron chi connectivity index (χ0n) is 8.03. The Labute approximate surface area is 91.6 Å². The minimum atomic E-state index is 0.387. The molecule has 15 heavy (non-hydrogen) atoms. The average molecular weight is 222 g/mol. The Hall–Kier alpha value is -1.61. The number of ether oxygens (including phenoxy) is 1. The van der Waals surface area contributed by atoms with Crippen LogP contribution in [-0.2, 0) is 0 Å². The van der Waals surface area contributed by atoms with E-state index in [2.05, 4.69) is 4.98 Å². The number of benzene rings is 1. The Bertz CT molecular complexity index is 525. The van der Waals surface area contributed by atoms with E-state index in [1.807, 2.05) is 0 Å². The highest BCUT2D eigenvalue weighted by Crippen LogP contribution is 2.27. The normalized spacial score (nSPS) is 10.3. The van der Waals surface area contributed by atoms with Crippen LogP contribution in [0.5, 0.6) is 5.75 Å². The third kappa shape index (κ3) is 1.66. The van der Waals surface area contributed by atoms with E-state index in [0.29, 0.717) is 16.5 Å². The Morgan fingerprint density at radius 1 is 1.40 bits per heavy atom. The van der Waals surface area contributed by atoms with E-state index in [-0.39, 0.29) is 0 Å². The molecule has 0 aliphatic carbocycles. The molecule has 0 spiro atoms. The lowest BCUT2D eigenvalue weighted by Gasteiger charge is -2.05. The molecule has 0 aliphatic heterocycles. The summed E-state index contributed by atoms with van der Waals surface area (Å²) in [5.41, 5.74) is 0.508. The van der Waals surface area contributed by atoms with Gasteiger partial charge in [0.25, 0.3) is 0 Å². The van der Waals surface area contributed by atoms with Gasteiger partial charge in [0, 0.05) is 22.5 Å². The number of hydrogen-bond donors (Lipinski definition) is 0. The van der Waals surface area contributed by atoms with Gasteiger partial charge in [-0.2, -0.15) is 0 Å². The largest absolute Gasteiger partial charge is 0.497 e. The predicted octanol–water partition coefficient (Wildman–Crippen LogP) is 2.71. The van der Waals surface area contributed by atoms with Crippen molar-refractivity contribution in [3.8, 4) is 5.75 Å². The van der Waals surface area contributed by atoms with Gasteiger partial charge in [0.05, 0.1) is 7.11 Å². The zero-order chi connectivity index (χ0) is 10.8. The molecule has 3 nitrogen and oxygen atoms in total. The first-order chi connectivity index (χ1) is 7.26. The molecule has 0 amide bonds. The quantitative estimate of drug-likeness (QED) is 0.578. The summed E-state index contributed by atoms with van der Waals surface area (Å²) in [5.74, 6) is 0.688. The maximum Gasteiger partial charge on any atom is 0.152 e. The molecule has 0 bridgehead atoms. The van der Waals surface area contributed by atoms with Crippen molar-refractivity contribution in [1.29, 1.82) is 0 Å². The summed E-state index contributed by atoms with van der Waals surface area (Å²) in [7, 11) is 1.57. The van der Waals surface area contributed by atoms with Crippen LogP contribution in [0.25, 0.3) is 10.8 Å². The van der Waals surface area contributed by atoms with Crippen LogP contribution < -0.4 is 4.74 Å². The van der Waals surface area contributed by atoms with Crippen molar-refractivity contribution in [3.63, 3.8) is 0 Å². The van der Waals surface area contributed by atoms with E-state index >= 15 is 0 Å². The standard InChI is InChI=1S/C11H8ClNO2/c1-15-8-2-3-9-10(4-8)7(6-14)5-13-11(9)12/h2-6H,1H3. The first-order valence-corrected chi connectivity index (χ1v) is 4.71. The maximum atomic E-state index is 10.8. The van der Waals surface area contributed by atoms with E-state index in [1.54, 1.807) is 25.3 Å². The van der Waals surface area contributed by atoms with Crippen LogP contribution in [0.15, 0.2) is 24.4 Å². The van der Waals surface area contributed by atoms with Crippen molar-refractivity contribution in [1.82, 2.24) is 4.98 Å². The van der Waals surface area contributed by atoms with Crippen LogP contribution >= 0.6 is 11.6 Å². The number of carbonyl (C=O) groups is 1. The lowest BCUT2D eigenvalue weighted by atomic mass is 10.1. The Balaban J connectivity index is 2.82. The molecule has 0 aliphatic rings. The summed E-state index contributed by atoms with van der Waals surface area (Å²) in [6.45, 7) is 0. The summed E-state index contributed by atoms with van der Waals surface area (Å²) in [4.78, 5) is 14.7. The number of aldehydes is 1. The van der Waals surface area contributed by atoms with Crippen molar-refractivity contribution in [2.45, 2.75) is 0 Å². The lowest BCUT2D eigenvalue weighted by molar-refractivity contribution is 0.112. The monoisotopic (exact) mass is 221 g/mol. The molecular weight excluding hydrogens is 214 g/mol. The van der Waals surface area contributed by atoms with E-state index < -0.39 is 0 Å². The van der Waals surface area contributed by atoms with Gasteiger partial charge < -0.3 is 4.74 Å². The number of fused-ring (bicyclic) bond motifs is 1. The maximum absolute atomic E-state index is 10.8. The second-order valence-electron chi connectivity index (χ2n) is 3.03. The molecule has 1 heterocycles. The number of nitrogens with zero attached hydrogens (tertiary/aromatic N) is 1. The second-order valence-corrected chi connectivity index (χ2v) is 3.39. The van der Waals surface area contributed by atoms with Crippen molar-refractivity contribution in [2.24, 2.45) is 0 Å². The molecule has 0 N–H and O–H groups in total. The molecule has 0 unspecified atom stereocenters. The van der Waals surface area contributed by atoms with E-state index in [1.165, 1.54) is 6.20 Å². The average Bonchev–Trinajstić information content (AvgIpc) is 2.29. The van der Waals surface area contributed by atoms with Crippen LogP contribution in [0, 0.1) is 0 Å². The van der Waals surface area contributed by atoms with Gasteiger partial charge in [-0.05, 0) is 18.2 Å². The van der Waals surface area contributed by atoms with Crippen molar-refractivity contribution in [3.05, 3.63) is 35.1 Å². The molecule has 1 aromatic carbocycles. The molecule has 0 radical (unpaired) electrons. The highest BCUT2D eigenvalue weighted by molar-refractivity contribution is 6.34. The van der Waals surface area contributed by atoms with Gasteiger partial charge in [-0.15, -0.1) is 0 Å². The van der Waals surface area contributed by atoms with E-state index in [9.17, 15) is 4.79 Å². The van der Waals surface area contributed by atoms with Crippen LogP contribution in [0.1, 0.15) is 10.4 Å². The fourth-order valence-corrected chi connectivity index (χ4v) is 1.64. The van der Waals surface area contributed by atoms with E-state index in [4.69, 9.17) is 16.3 Å². The second kappa shape index (κ2) is 3.87. The summed E-state index contributed by atoms with van der Waals surface area (Å²) in [5, 5.41) is 1.89. The lowest BCUT2D eigenvalue weighted by Crippen LogP contribution is -1.89. The SMILES string of the molecule is COc1ccc2c(Cl)ncc(C=O)c2c1. The molecule has 0 saturated heterocycles. The fourth-order valence-electron chi connectivity index (χ4n) is 1.43. The fraction of sp³-hybridized carbons (Fsp3) is 0.0909. The summed E-state index contributed by atoms with van der Waals surface area (Å²) in [6.07, 6.45) is 2.21. The molecule has 4 heteroatoms. The number of carbonyl (C=O) groups excluding carboxylic acids is 1. The third-order valence-electron chi connectivity index (χ3n) is 2.20. The molecule has 0 atom stereocenters. The van der Waals surface area contributed by atoms with Crippen molar-refractivity contribution >= 4 is 28.7 Å². The van der Waals surface area contributed by atoms with Gasteiger partial charge >= 0.3 is 0 Å². The van der Waals surface area contributed by atoms with Crippen molar-refractivity contribution < 1.29 is 9.53 Å². The topological polar surface area (TPSA) is 39.2 Å². The number of rotatable bonds is 2.